The van der Waals surface area contributed by atoms with Gasteiger partial charge < -0.3 is 4.74 Å². The maximum atomic E-state index is 5.85. The lowest BCUT2D eigenvalue weighted by molar-refractivity contribution is -0.0353. The molecule has 0 radical (unpaired) electrons. The maximum absolute atomic E-state index is 5.85. The van der Waals surface area contributed by atoms with Crippen molar-refractivity contribution in [2.75, 3.05) is 6.61 Å². The van der Waals surface area contributed by atoms with Crippen molar-refractivity contribution in [1.29, 1.82) is 0 Å². The second-order valence-electron chi connectivity index (χ2n) is 5.39. The first-order valence-corrected chi connectivity index (χ1v) is 5.47. The first kappa shape index (κ1) is 13.0. The highest BCUT2D eigenvalue weighted by Gasteiger charge is 2.19. The number of rotatable bonds is 6. The van der Waals surface area contributed by atoms with E-state index in [0.29, 0.717) is 5.92 Å². The van der Waals surface area contributed by atoms with Crippen molar-refractivity contribution in [1.82, 2.24) is 0 Å². The maximum Gasteiger partial charge on any atom is 0.0628 e. The summed E-state index contributed by atoms with van der Waals surface area (Å²) in [4.78, 5) is 0. The van der Waals surface area contributed by atoms with Gasteiger partial charge in [0.05, 0.1) is 5.60 Å². The fourth-order valence-electron chi connectivity index (χ4n) is 1.61. The average molecular weight is 186 g/mol. The molecule has 0 bridgehead atoms. The van der Waals surface area contributed by atoms with Crippen LogP contribution in [0.1, 0.15) is 54.4 Å². The summed E-state index contributed by atoms with van der Waals surface area (Å²) in [6.45, 7) is 14.2. The zero-order valence-electron chi connectivity index (χ0n) is 10.2. The van der Waals surface area contributed by atoms with Gasteiger partial charge in [-0.1, -0.05) is 27.7 Å². The van der Waals surface area contributed by atoms with E-state index in [-0.39, 0.29) is 5.60 Å². The highest BCUT2D eigenvalue weighted by atomic mass is 16.5. The Morgan fingerprint density at radius 2 is 1.54 bits per heavy atom. The third kappa shape index (κ3) is 8.29. The topological polar surface area (TPSA) is 9.23 Å². The summed E-state index contributed by atoms with van der Waals surface area (Å²) in [5.74, 6) is 1.46. The van der Waals surface area contributed by atoms with Gasteiger partial charge in [-0.25, -0.2) is 0 Å². The van der Waals surface area contributed by atoms with Gasteiger partial charge in [0.15, 0.2) is 0 Å². The molecule has 0 saturated carbocycles. The van der Waals surface area contributed by atoms with E-state index < -0.39 is 0 Å². The Morgan fingerprint density at radius 1 is 1.00 bits per heavy atom. The SMILES string of the molecule is CC(C)CCOC(C)(C)CC(C)C. The third-order valence-corrected chi connectivity index (χ3v) is 2.09. The van der Waals surface area contributed by atoms with Crippen molar-refractivity contribution in [3.63, 3.8) is 0 Å². The first-order valence-electron chi connectivity index (χ1n) is 5.47. The summed E-state index contributed by atoms with van der Waals surface area (Å²) in [5.41, 5.74) is 0.0586. The third-order valence-electron chi connectivity index (χ3n) is 2.09. The summed E-state index contributed by atoms with van der Waals surface area (Å²) in [5, 5.41) is 0. The molecule has 0 unspecified atom stereocenters. The summed E-state index contributed by atoms with van der Waals surface area (Å²) in [7, 11) is 0. The van der Waals surface area contributed by atoms with E-state index >= 15 is 0 Å². The molecule has 0 aliphatic rings. The smallest absolute Gasteiger partial charge is 0.0628 e. The Kier molecular flexibility index (Phi) is 5.62. The van der Waals surface area contributed by atoms with E-state index in [1.54, 1.807) is 0 Å². The fourth-order valence-corrected chi connectivity index (χ4v) is 1.61. The molecule has 80 valence electrons. The van der Waals surface area contributed by atoms with Crippen molar-refractivity contribution >= 4 is 0 Å². The molecule has 0 rings (SSSR count). The molecular weight excluding hydrogens is 160 g/mol. The van der Waals surface area contributed by atoms with Crippen LogP contribution in [0.5, 0.6) is 0 Å². The summed E-state index contributed by atoms with van der Waals surface area (Å²) in [6, 6.07) is 0. The molecule has 1 nitrogen and oxygen atoms in total. The largest absolute Gasteiger partial charge is 0.376 e. The number of hydrogen-bond acceptors (Lipinski definition) is 1. The minimum Gasteiger partial charge on any atom is -0.376 e. The van der Waals surface area contributed by atoms with Gasteiger partial charge in [0.1, 0.15) is 0 Å². The molecule has 0 aromatic heterocycles. The Morgan fingerprint density at radius 3 is 1.92 bits per heavy atom. The van der Waals surface area contributed by atoms with E-state index in [1.165, 1.54) is 6.42 Å². The van der Waals surface area contributed by atoms with Gasteiger partial charge in [-0.2, -0.15) is 0 Å². The van der Waals surface area contributed by atoms with Crippen molar-refractivity contribution in [2.45, 2.75) is 60.0 Å². The van der Waals surface area contributed by atoms with Crippen LogP contribution >= 0.6 is 0 Å². The van der Waals surface area contributed by atoms with Crippen LogP contribution in [-0.2, 0) is 4.74 Å². The van der Waals surface area contributed by atoms with Crippen LogP contribution < -0.4 is 0 Å². The van der Waals surface area contributed by atoms with E-state index in [4.69, 9.17) is 4.74 Å². The normalized spacial score (nSPS) is 12.9. The molecule has 0 aromatic carbocycles. The highest BCUT2D eigenvalue weighted by molar-refractivity contribution is 4.70. The Hall–Kier alpha value is -0.0400. The van der Waals surface area contributed by atoms with Crippen molar-refractivity contribution < 1.29 is 4.74 Å². The number of hydrogen-bond donors (Lipinski definition) is 0. The van der Waals surface area contributed by atoms with Crippen LogP contribution in [0.15, 0.2) is 0 Å². The van der Waals surface area contributed by atoms with Crippen LogP contribution in [0.3, 0.4) is 0 Å². The van der Waals surface area contributed by atoms with Gasteiger partial charge in [0.2, 0.25) is 0 Å². The van der Waals surface area contributed by atoms with Crippen molar-refractivity contribution in [3.8, 4) is 0 Å². The lowest BCUT2D eigenvalue weighted by Crippen LogP contribution is -2.27. The zero-order valence-corrected chi connectivity index (χ0v) is 10.2. The summed E-state index contributed by atoms with van der Waals surface area (Å²) >= 11 is 0. The van der Waals surface area contributed by atoms with Gasteiger partial charge >= 0.3 is 0 Å². The highest BCUT2D eigenvalue weighted by Crippen LogP contribution is 2.20. The Labute approximate surface area is 83.9 Å². The molecule has 1 heteroatoms. The molecule has 0 spiro atoms. The second kappa shape index (κ2) is 5.64. The van der Waals surface area contributed by atoms with Crippen molar-refractivity contribution in [2.24, 2.45) is 11.8 Å². The molecule has 0 heterocycles. The molecular formula is C12H26O. The predicted molar refractivity (Wildman–Crippen MR) is 58.9 cm³/mol. The Bertz CT molecular complexity index is 125. The summed E-state index contributed by atoms with van der Waals surface area (Å²) in [6.07, 6.45) is 2.31. The molecule has 0 aromatic rings. The molecule has 0 fully saturated rings. The number of ether oxygens (including phenoxy) is 1. The monoisotopic (exact) mass is 186 g/mol. The zero-order chi connectivity index (χ0) is 10.5. The van der Waals surface area contributed by atoms with Gasteiger partial charge in [-0.15, -0.1) is 0 Å². The second-order valence-corrected chi connectivity index (χ2v) is 5.39. The van der Waals surface area contributed by atoms with E-state index in [0.717, 1.165) is 18.9 Å². The average Bonchev–Trinajstić information content (AvgIpc) is 1.81. The van der Waals surface area contributed by atoms with Gasteiger partial charge in [-0.3, -0.25) is 0 Å². The quantitative estimate of drug-likeness (QED) is 0.612. The fraction of sp³-hybridized carbons (Fsp3) is 1.00. The van der Waals surface area contributed by atoms with E-state index in [9.17, 15) is 0 Å². The predicted octanol–water partition coefficient (Wildman–Crippen LogP) is 3.87. The van der Waals surface area contributed by atoms with Crippen LogP contribution in [0.4, 0.5) is 0 Å². The lowest BCUT2D eigenvalue weighted by atomic mass is 9.96. The molecule has 0 atom stereocenters. The minimum absolute atomic E-state index is 0.0586. The Balaban J connectivity index is 3.62. The van der Waals surface area contributed by atoms with Gasteiger partial charge in [-0.05, 0) is 38.5 Å². The minimum atomic E-state index is 0.0586. The molecule has 0 aliphatic heterocycles. The van der Waals surface area contributed by atoms with Gasteiger partial charge in [0, 0.05) is 6.61 Å². The first-order chi connectivity index (χ1) is 5.83. The lowest BCUT2D eigenvalue weighted by Gasteiger charge is -2.27. The summed E-state index contributed by atoms with van der Waals surface area (Å²) < 4.78 is 5.85. The molecule has 0 N–H and O–H groups in total. The van der Waals surface area contributed by atoms with E-state index in [1.807, 2.05) is 0 Å². The van der Waals surface area contributed by atoms with Crippen LogP contribution in [-0.4, -0.2) is 12.2 Å². The molecule has 0 saturated heterocycles. The van der Waals surface area contributed by atoms with Crippen molar-refractivity contribution in [3.05, 3.63) is 0 Å². The van der Waals surface area contributed by atoms with Gasteiger partial charge in [0.25, 0.3) is 0 Å². The van der Waals surface area contributed by atoms with Crippen LogP contribution in [0.2, 0.25) is 0 Å². The molecule has 13 heavy (non-hydrogen) atoms. The molecule has 0 amide bonds. The molecule has 0 aliphatic carbocycles. The van der Waals surface area contributed by atoms with E-state index in [2.05, 4.69) is 41.5 Å². The van der Waals surface area contributed by atoms with Crippen LogP contribution in [0, 0.1) is 11.8 Å². The standard InChI is InChI=1S/C12H26O/c1-10(2)7-8-13-12(5,6)9-11(3)4/h10-11H,7-9H2,1-6H3. The van der Waals surface area contributed by atoms with Crippen LogP contribution in [0.25, 0.3) is 0 Å².